The SMILES string of the molecule is c1nsc(NC2CN3CCC2CC3)n1. The molecule has 0 saturated carbocycles. The molecule has 1 atom stereocenters. The Morgan fingerprint density at radius 3 is 2.86 bits per heavy atom. The van der Waals surface area contributed by atoms with E-state index in [2.05, 4.69) is 19.6 Å². The Morgan fingerprint density at radius 2 is 2.29 bits per heavy atom. The summed E-state index contributed by atoms with van der Waals surface area (Å²) in [5.41, 5.74) is 0. The van der Waals surface area contributed by atoms with Crippen LogP contribution in [0, 0.1) is 5.92 Å². The van der Waals surface area contributed by atoms with Gasteiger partial charge in [-0.1, -0.05) is 0 Å². The van der Waals surface area contributed by atoms with Gasteiger partial charge >= 0.3 is 0 Å². The van der Waals surface area contributed by atoms with E-state index in [1.54, 1.807) is 6.33 Å². The number of nitrogens with one attached hydrogen (secondary N) is 1. The van der Waals surface area contributed by atoms with Crippen LogP contribution in [0.15, 0.2) is 6.33 Å². The first-order chi connectivity index (χ1) is 6.92. The Balaban J connectivity index is 1.68. The highest BCUT2D eigenvalue weighted by atomic mass is 32.1. The largest absolute Gasteiger partial charge is 0.356 e. The molecule has 1 aromatic heterocycles. The van der Waals surface area contributed by atoms with Crippen molar-refractivity contribution in [3.8, 4) is 0 Å². The molecule has 76 valence electrons. The fourth-order valence-corrected chi connectivity index (χ4v) is 3.02. The van der Waals surface area contributed by atoms with Crippen LogP contribution >= 0.6 is 11.5 Å². The summed E-state index contributed by atoms with van der Waals surface area (Å²) >= 11 is 1.45. The Labute approximate surface area is 87.5 Å². The quantitative estimate of drug-likeness (QED) is 0.792. The van der Waals surface area contributed by atoms with Gasteiger partial charge < -0.3 is 10.2 Å². The maximum atomic E-state index is 4.17. The summed E-state index contributed by atoms with van der Waals surface area (Å²) in [4.78, 5) is 6.71. The predicted octanol–water partition coefficient (Wildman–Crippen LogP) is 1.04. The van der Waals surface area contributed by atoms with E-state index in [0.29, 0.717) is 6.04 Å². The topological polar surface area (TPSA) is 41.1 Å². The second kappa shape index (κ2) is 3.47. The first-order valence-electron chi connectivity index (χ1n) is 5.17. The van der Waals surface area contributed by atoms with Gasteiger partial charge in [-0.15, -0.1) is 0 Å². The van der Waals surface area contributed by atoms with Crippen molar-refractivity contribution in [2.24, 2.45) is 5.92 Å². The molecule has 5 heteroatoms. The normalized spacial score (nSPS) is 35.9. The first kappa shape index (κ1) is 8.61. The van der Waals surface area contributed by atoms with E-state index in [0.717, 1.165) is 11.0 Å². The highest BCUT2D eigenvalue weighted by Crippen LogP contribution is 2.29. The standard InChI is InChI=1S/C9H14N4S/c1-3-13-4-2-7(1)8(5-13)12-9-10-6-11-14-9/h6-8H,1-5H2,(H,10,11,12). The minimum absolute atomic E-state index is 0.602. The van der Waals surface area contributed by atoms with Gasteiger partial charge in [0.05, 0.1) is 0 Å². The van der Waals surface area contributed by atoms with E-state index in [-0.39, 0.29) is 0 Å². The predicted molar refractivity (Wildman–Crippen MR) is 56.5 cm³/mol. The molecule has 1 aromatic rings. The fraction of sp³-hybridized carbons (Fsp3) is 0.778. The van der Waals surface area contributed by atoms with Gasteiger partial charge in [0, 0.05) is 24.1 Å². The molecule has 3 aliphatic heterocycles. The van der Waals surface area contributed by atoms with Crippen molar-refractivity contribution >= 4 is 16.7 Å². The van der Waals surface area contributed by atoms with Crippen molar-refractivity contribution in [1.29, 1.82) is 0 Å². The summed E-state index contributed by atoms with van der Waals surface area (Å²) in [7, 11) is 0. The summed E-state index contributed by atoms with van der Waals surface area (Å²) in [5, 5.41) is 4.47. The summed E-state index contributed by atoms with van der Waals surface area (Å²) < 4.78 is 4.00. The smallest absolute Gasteiger partial charge is 0.202 e. The molecule has 4 heterocycles. The second-order valence-electron chi connectivity index (χ2n) is 4.14. The van der Waals surface area contributed by atoms with Gasteiger partial charge in [-0.25, -0.2) is 4.98 Å². The number of rotatable bonds is 2. The fourth-order valence-electron chi connectivity index (χ4n) is 2.52. The third-order valence-corrected chi connectivity index (χ3v) is 3.92. The van der Waals surface area contributed by atoms with Crippen LogP contribution in [0.1, 0.15) is 12.8 Å². The maximum absolute atomic E-state index is 4.17. The third-order valence-electron chi connectivity index (χ3n) is 3.33. The number of fused-ring (bicyclic) bond motifs is 3. The van der Waals surface area contributed by atoms with Crippen molar-refractivity contribution in [1.82, 2.24) is 14.3 Å². The van der Waals surface area contributed by atoms with Crippen LogP contribution in [-0.2, 0) is 0 Å². The van der Waals surface area contributed by atoms with Crippen LogP contribution in [0.2, 0.25) is 0 Å². The lowest BCUT2D eigenvalue weighted by Gasteiger charge is -2.44. The minimum atomic E-state index is 0.602. The summed E-state index contributed by atoms with van der Waals surface area (Å²) in [6.07, 6.45) is 4.31. The molecule has 3 saturated heterocycles. The van der Waals surface area contributed by atoms with Crippen molar-refractivity contribution in [3.63, 3.8) is 0 Å². The van der Waals surface area contributed by atoms with E-state index in [4.69, 9.17) is 0 Å². The van der Waals surface area contributed by atoms with Crippen LogP contribution in [0.3, 0.4) is 0 Å². The molecule has 0 spiro atoms. The Bertz CT molecular complexity index is 292. The minimum Gasteiger partial charge on any atom is -0.356 e. The number of hydrogen-bond donors (Lipinski definition) is 1. The average Bonchev–Trinajstić information content (AvgIpc) is 2.72. The Kier molecular flexibility index (Phi) is 2.14. The van der Waals surface area contributed by atoms with Gasteiger partial charge in [-0.05, 0) is 31.8 Å². The Hall–Kier alpha value is -0.680. The molecular formula is C9H14N4S. The molecule has 3 fully saturated rings. The van der Waals surface area contributed by atoms with Crippen LogP contribution in [-0.4, -0.2) is 39.9 Å². The molecule has 3 aliphatic rings. The third kappa shape index (κ3) is 1.50. The number of nitrogens with zero attached hydrogens (tertiary/aromatic N) is 3. The highest BCUT2D eigenvalue weighted by molar-refractivity contribution is 7.09. The van der Waals surface area contributed by atoms with Gasteiger partial charge in [0.1, 0.15) is 6.33 Å². The lowest BCUT2D eigenvalue weighted by molar-refractivity contribution is 0.0975. The molecule has 0 radical (unpaired) electrons. The molecule has 0 aliphatic carbocycles. The van der Waals surface area contributed by atoms with Crippen molar-refractivity contribution in [2.45, 2.75) is 18.9 Å². The second-order valence-corrected chi connectivity index (χ2v) is 4.92. The lowest BCUT2D eigenvalue weighted by atomic mass is 9.84. The number of anilines is 1. The molecule has 0 aromatic carbocycles. The maximum Gasteiger partial charge on any atom is 0.202 e. The summed E-state index contributed by atoms with van der Waals surface area (Å²) in [6.45, 7) is 3.77. The zero-order chi connectivity index (χ0) is 9.38. The van der Waals surface area contributed by atoms with Crippen LogP contribution in [0.4, 0.5) is 5.13 Å². The van der Waals surface area contributed by atoms with Crippen molar-refractivity contribution < 1.29 is 0 Å². The van der Waals surface area contributed by atoms with Gasteiger partial charge in [-0.2, -0.15) is 4.37 Å². The average molecular weight is 210 g/mol. The van der Waals surface area contributed by atoms with Crippen LogP contribution in [0.25, 0.3) is 0 Å². The highest BCUT2D eigenvalue weighted by Gasteiger charge is 2.34. The molecule has 0 amide bonds. The Morgan fingerprint density at radius 1 is 1.43 bits per heavy atom. The van der Waals surface area contributed by atoms with E-state index >= 15 is 0 Å². The molecule has 14 heavy (non-hydrogen) atoms. The van der Waals surface area contributed by atoms with E-state index in [1.165, 1.54) is 44.0 Å². The molecule has 1 unspecified atom stereocenters. The van der Waals surface area contributed by atoms with Gasteiger partial charge in [0.15, 0.2) is 0 Å². The number of hydrogen-bond acceptors (Lipinski definition) is 5. The van der Waals surface area contributed by atoms with Crippen LogP contribution < -0.4 is 5.32 Å². The van der Waals surface area contributed by atoms with Crippen molar-refractivity contribution in [3.05, 3.63) is 6.33 Å². The van der Waals surface area contributed by atoms with E-state index in [9.17, 15) is 0 Å². The first-order valence-corrected chi connectivity index (χ1v) is 5.95. The molecular weight excluding hydrogens is 196 g/mol. The zero-order valence-electron chi connectivity index (χ0n) is 8.02. The van der Waals surface area contributed by atoms with Gasteiger partial charge in [-0.3, -0.25) is 0 Å². The van der Waals surface area contributed by atoms with Gasteiger partial charge in [0.2, 0.25) is 5.13 Å². The van der Waals surface area contributed by atoms with Gasteiger partial charge in [0.25, 0.3) is 0 Å². The summed E-state index contributed by atoms with van der Waals surface area (Å²) in [5.74, 6) is 0.851. The number of aromatic nitrogens is 2. The number of piperidine rings is 3. The molecule has 1 N–H and O–H groups in total. The molecule has 2 bridgehead atoms. The van der Waals surface area contributed by atoms with Crippen LogP contribution in [0.5, 0.6) is 0 Å². The monoisotopic (exact) mass is 210 g/mol. The molecule has 4 nitrogen and oxygen atoms in total. The van der Waals surface area contributed by atoms with E-state index in [1.807, 2.05) is 0 Å². The lowest BCUT2D eigenvalue weighted by Crippen LogP contribution is -2.53. The molecule has 4 rings (SSSR count). The van der Waals surface area contributed by atoms with E-state index < -0.39 is 0 Å². The van der Waals surface area contributed by atoms with Crippen molar-refractivity contribution in [2.75, 3.05) is 25.0 Å². The summed E-state index contributed by atoms with van der Waals surface area (Å²) in [6, 6.07) is 0.602. The zero-order valence-corrected chi connectivity index (χ0v) is 8.83.